The molecule has 1 N–H and O–H groups in total. The first kappa shape index (κ1) is 25.5. The van der Waals surface area contributed by atoms with Gasteiger partial charge in [0.1, 0.15) is 5.75 Å². The SMILES string of the molecule is COc1ccccc1-c1nnc(SCC(=O)N[C@@H](C)CCc2ccccc2)n1CCc1ccccc1. The molecule has 36 heavy (non-hydrogen) atoms. The van der Waals surface area contributed by atoms with Crippen molar-refractivity contribution < 1.29 is 9.53 Å². The quantitative estimate of drug-likeness (QED) is 0.263. The monoisotopic (exact) mass is 500 g/mol. The normalized spacial score (nSPS) is 11.7. The number of aryl methyl sites for hydroxylation is 2. The lowest BCUT2D eigenvalue weighted by Crippen LogP contribution is -2.34. The molecule has 3 aromatic carbocycles. The lowest BCUT2D eigenvalue weighted by molar-refractivity contribution is -0.119. The standard InChI is InChI=1S/C29H32N4O2S/c1-22(17-18-23-11-5-3-6-12-23)30-27(34)21-36-29-32-31-28(25-15-9-10-16-26(25)35-2)33(29)20-19-24-13-7-4-8-14-24/h3-16,22H,17-21H2,1-2H3,(H,30,34)/t22-/m0/s1. The number of carbonyl (C=O) groups is 1. The molecule has 0 fully saturated rings. The minimum Gasteiger partial charge on any atom is -0.496 e. The van der Waals surface area contributed by atoms with Crippen LogP contribution in [0.25, 0.3) is 11.4 Å². The van der Waals surface area contributed by atoms with Crippen LogP contribution in [0.5, 0.6) is 5.75 Å². The predicted molar refractivity (Wildman–Crippen MR) is 145 cm³/mol. The highest BCUT2D eigenvalue weighted by Gasteiger charge is 2.19. The van der Waals surface area contributed by atoms with Crippen LogP contribution >= 0.6 is 11.8 Å². The highest BCUT2D eigenvalue weighted by atomic mass is 32.2. The topological polar surface area (TPSA) is 69.0 Å². The van der Waals surface area contributed by atoms with Gasteiger partial charge in [0.05, 0.1) is 18.4 Å². The molecule has 0 saturated carbocycles. The second kappa shape index (κ2) is 12.9. The van der Waals surface area contributed by atoms with E-state index in [1.54, 1.807) is 7.11 Å². The lowest BCUT2D eigenvalue weighted by atomic mass is 10.1. The summed E-state index contributed by atoms with van der Waals surface area (Å²) in [6.45, 7) is 2.75. The maximum atomic E-state index is 12.7. The number of hydrogen-bond donors (Lipinski definition) is 1. The number of hydrogen-bond acceptors (Lipinski definition) is 5. The number of nitrogens with zero attached hydrogens (tertiary/aromatic N) is 3. The number of ether oxygens (including phenoxy) is 1. The average Bonchev–Trinajstić information content (AvgIpc) is 3.33. The third kappa shape index (κ3) is 6.98. The fourth-order valence-electron chi connectivity index (χ4n) is 4.06. The second-order valence-electron chi connectivity index (χ2n) is 8.68. The van der Waals surface area contributed by atoms with Gasteiger partial charge in [0, 0.05) is 12.6 Å². The molecule has 0 spiro atoms. The molecule has 0 aliphatic heterocycles. The molecule has 7 heteroatoms. The van der Waals surface area contributed by atoms with Gasteiger partial charge in [-0.1, -0.05) is 84.6 Å². The van der Waals surface area contributed by atoms with E-state index < -0.39 is 0 Å². The van der Waals surface area contributed by atoms with Gasteiger partial charge in [-0.2, -0.15) is 0 Å². The van der Waals surface area contributed by atoms with Gasteiger partial charge in [0.2, 0.25) is 5.91 Å². The highest BCUT2D eigenvalue weighted by Crippen LogP contribution is 2.31. The number of rotatable bonds is 12. The number of carbonyl (C=O) groups excluding carboxylic acids is 1. The number of aromatic nitrogens is 3. The minimum atomic E-state index is -0.00277. The highest BCUT2D eigenvalue weighted by molar-refractivity contribution is 7.99. The summed E-state index contributed by atoms with van der Waals surface area (Å²) in [4.78, 5) is 12.7. The van der Waals surface area contributed by atoms with Crippen molar-refractivity contribution in [3.05, 3.63) is 96.1 Å². The molecule has 1 atom stereocenters. The summed E-state index contributed by atoms with van der Waals surface area (Å²) in [5.74, 6) is 1.76. The van der Waals surface area contributed by atoms with Crippen LogP contribution in [-0.2, 0) is 24.2 Å². The lowest BCUT2D eigenvalue weighted by Gasteiger charge is -2.14. The summed E-state index contributed by atoms with van der Waals surface area (Å²) in [6, 6.07) is 28.6. The number of thioether (sulfide) groups is 1. The van der Waals surface area contributed by atoms with Crippen molar-refractivity contribution >= 4 is 17.7 Å². The summed E-state index contributed by atoms with van der Waals surface area (Å²) < 4.78 is 7.66. The van der Waals surface area contributed by atoms with Crippen LogP contribution in [0, 0.1) is 0 Å². The first-order valence-corrected chi connectivity index (χ1v) is 13.2. The maximum absolute atomic E-state index is 12.7. The van der Waals surface area contributed by atoms with Crippen LogP contribution in [0.4, 0.5) is 0 Å². The number of para-hydroxylation sites is 1. The Kier molecular flexibility index (Phi) is 9.16. The van der Waals surface area contributed by atoms with E-state index in [1.807, 2.05) is 67.6 Å². The van der Waals surface area contributed by atoms with Crippen LogP contribution in [0.2, 0.25) is 0 Å². The molecule has 1 heterocycles. The van der Waals surface area contributed by atoms with Crippen molar-refractivity contribution in [1.82, 2.24) is 20.1 Å². The van der Waals surface area contributed by atoms with Gasteiger partial charge < -0.3 is 14.6 Å². The zero-order valence-corrected chi connectivity index (χ0v) is 21.6. The largest absolute Gasteiger partial charge is 0.496 e. The molecular weight excluding hydrogens is 468 g/mol. The number of amides is 1. The minimum absolute atomic E-state index is 0.00277. The smallest absolute Gasteiger partial charge is 0.230 e. The molecule has 4 rings (SSSR count). The van der Waals surface area contributed by atoms with E-state index in [0.717, 1.165) is 41.6 Å². The molecule has 0 bridgehead atoms. The summed E-state index contributed by atoms with van der Waals surface area (Å²) in [7, 11) is 1.66. The van der Waals surface area contributed by atoms with Crippen molar-refractivity contribution in [2.75, 3.05) is 12.9 Å². The number of nitrogens with one attached hydrogen (secondary N) is 1. The van der Waals surface area contributed by atoms with Gasteiger partial charge in [-0.3, -0.25) is 4.79 Å². The molecular formula is C29H32N4O2S. The number of methoxy groups -OCH3 is 1. The summed E-state index contributed by atoms with van der Waals surface area (Å²) in [5.41, 5.74) is 3.40. The van der Waals surface area contributed by atoms with Crippen molar-refractivity contribution in [2.45, 2.75) is 43.9 Å². The van der Waals surface area contributed by atoms with Crippen LogP contribution in [0.3, 0.4) is 0 Å². The molecule has 0 aliphatic carbocycles. The van der Waals surface area contributed by atoms with Crippen LogP contribution in [0.15, 0.2) is 90.1 Å². The summed E-state index contributed by atoms with van der Waals surface area (Å²) >= 11 is 1.41. The Morgan fingerprint density at radius 2 is 1.56 bits per heavy atom. The Labute approximate surface area is 217 Å². The molecule has 6 nitrogen and oxygen atoms in total. The molecule has 4 aromatic rings. The third-order valence-corrected chi connectivity index (χ3v) is 6.95. The van der Waals surface area contributed by atoms with Crippen molar-refractivity contribution in [3.63, 3.8) is 0 Å². The fraction of sp³-hybridized carbons (Fsp3) is 0.276. The first-order valence-electron chi connectivity index (χ1n) is 12.2. The van der Waals surface area contributed by atoms with Crippen LogP contribution in [-0.4, -0.2) is 39.6 Å². The Morgan fingerprint density at radius 1 is 0.917 bits per heavy atom. The van der Waals surface area contributed by atoms with E-state index in [9.17, 15) is 4.79 Å². The van der Waals surface area contributed by atoms with E-state index in [2.05, 4.69) is 44.3 Å². The number of benzene rings is 3. The van der Waals surface area contributed by atoms with Crippen molar-refractivity contribution in [1.29, 1.82) is 0 Å². The predicted octanol–water partition coefficient (Wildman–Crippen LogP) is 5.43. The fourth-order valence-corrected chi connectivity index (χ4v) is 4.83. The van der Waals surface area contributed by atoms with E-state index in [4.69, 9.17) is 4.74 Å². The summed E-state index contributed by atoms with van der Waals surface area (Å²) in [5, 5.41) is 12.8. The van der Waals surface area contributed by atoms with Gasteiger partial charge in [0.25, 0.3) is 0 Å². The van der Waals surface area contributed by atoms with Gasteiger partial charge in [-0.25, -0.2) is 0 Å². The van der Waals surface area contributed by atoms with Gasteiger partial charge in [-0.15, -0.1) is 10.2 Å². The Morgan fingerprint density at radius 3 is 2.25 bits per heavy atom. The molecule has 1 aromatic heterocycles. The molecule has 1 amide bonds. The van der Waals surface area contributed by atoms with E-state index >= 15 is 0 Å². The Hall–Kier alpha value is -3.58. The van der Waals surface area contributed by atoms with Crippen LogP contribution < -0.4 is 10.1 Å². The molecule has 186 valence electrons. The molecule has 0 aliphatic rings. The summed E-state index contributed by atoms with van der Waals surface area (Å²) in [6.07, 6.45) is 2.66. The Bertz CT molecular complexity index is 1240. The second-order valence-corrected chi connectivity index (χ2v) is 9.62. The zero-order chi connectivity index (χ0) is 25.2. The van der Waals surface area contributed by atoms with Gasteiger partial charge >= 0.3 is 0 Å². The van der Waals surface area contributed by atoms with Crippen LogP contribution in [0.1, 0.15) is 24.5 Å². The zero-order valence-electron chi connectivity index (χ0n) is 20.8. The van der Waals surface area contributed by atoms with E-state index in [-0.39, 0.29) is 17.7 Å². The Balaban J connectivity index is 1.42. The molecule has 0 radical (unpaired) electrons. The first-order chi connectivity index (χ1) is 17.6. The van der Waals surface area contributed by atoms with Gasteiger partial charge in [-0.05, 0) is 49.4 Å². The molecule has 0 unspecified atom stereocenters. The third-order valence-electron chi connectivity index (χ3n) is 5.98. The molecule has 0 saturated heterocycles. The average molecular weight is 501 g/mol. The van der Waals surface area contributed by atoms with E-state index in [0.29, 0.717) is 6.54 Å². The van der Waals surface area contributed by atoms with Gasteiger partial charge in [0.15, 0.2) is 11.0 Å². The maximum Gasteiger partial charge on any atom is 0.230 e. The van der Waals surface area contributed by atoms with Crippen molar-refractivity contribution in [3.8, 4) is 17.1 Å². The van der Waals surface area contributed by atoms with Crippen molar-refractivity contribution in [2.24, 2.45) is 0 Å². The van der Waals surface area contributed by atoms with E-state index in [1.165, 1.54) is 22.9 Å².